The molecule has 23 heavy (non-hydrogen) atoms. The fraction of sp³-hybridized carbons (Fsp3) is 0.588. The Labute approximate surface area is 151 Å². The fourth-order valence-electron chi connectivity index (χ4n) is 2.75. The van der Waals surface area contributed by atoms with Gasteiger partial charge in [-0.1, -0.05) is 11.6 Å². The van der Waals surface area contributed by atoms with Gasteiger partial charge in [0.15, 0.2) is 0 Å². The zero-order chi connectivity index (χ0) is 17.0. The van der Waals surface area contributed by atoms with E-state index in [2.05, 4.69) is 26.6 Å². The van der Waals surface area contributed by atoms with E-state index in [-0.39, 0.29) is 12.1 Å². The lowest BCUT2D eigenvalue weighted by molar-refractivity contribution is 0.0492. The topological polar surface area (TPSA) is 50.4 Å². The minimum atomic E-state index is -0.468. The molecule has 1 saturated carbocycles. The highest BCUT2D eigenvalue weighted by molar-refractivity contribution is 9.10. The monoisotopic (exact) mass is 402 g/mol. The Morgan fingerprint density at radius 2 is 2.00 bits per heavy atom. The Bertz CT molecular complexity index is 560. The molecule has 1 aliphatic rings. The van der Waals surface area contributed by atoms with Gasteiger partial charge in [0.25, 0.3) is 0 Å². The number of alkyl carbamates (subject to hydrolysis) is 1. The SMILES string of the molecule is CC(C)(C)OC(=O)NC1CCCC(Nc2ccc(Br)c(Cl)c2)C1. The number of nitrogens with one attached hydrogen (secondary N) is 2. The van der Waals surface area contributed by atoms with Crippen molar-refractivity contribution in [2.75, 3.05) is 5.32 Å². The molecule has 1 amide bonds. The maximum absolute atomic E-state index is 11.9. The molecule has 6 heteroatoms. The Balaban J connectivity index is 1.88. The number of anilines is 1. The Kier molecular flexibility index (Phi) is 6.20. The van der Waals surface area contributed by atoms with Gasteiger partial charge in [-0.05, 0) is 80.6 Å². The lowest BCUT2D eigenvalue weighted by Gasteiger charge is -2.31. The van der Waals surface area contributed by atoms with Crippen LogP contribution in [0.25, 0.3) is 0 Å². The summed E-state index contributed by atoms with van der Waals surface area (Å²) in [7, 11) is 0. The number of halogens is 2. The molecule has 2 rings (SSSR count). The second-order valence-corrected chi connectivity index (χ2v) is 8.24. The van der Waals surface area contributed by atoms with Crippen molar-refractivity contribution >= 4 is 39.3 Å². The molecule has 1 fully saturated rings. The normalized spacial score (nSPS) is 21.6. The van der Waals surface area contributed by atoms with Crippen LogP contribution >= 0.6 is 27.5 Å². The van der Waals surface area contributed by atoms with E-state index in [4.69, 9.17) is 16.3 Å². The van der Waals surface area contributed by atoms with Crippen LogP contribution in [0.1, 0.15) is 46.5 Å². The summed E-state index contributed by atoms with van der Waals surface area (Å²) in [6.07, 6.45) is 3.68. The third-order valence-corrected chi connectivity index (χ3v) is 4.92. The van der Waals surface area contributed by atoms with Gasteiger partial charge >= 0.3 is 6.09 Å². The zero-order valence-corrected chi connectivity index (χ0v) is 16.1. The van der Waals surface area contributed by atoms with Crippen LogP contribution in [-0.4, -0.2) is 23.8 Å². The Morgan fingerprint density at radius 3 is 2.65 bits per heavy atom. The highest BCUT2D eigenvalue weighted by atomic mass is 79.9. The minimum Gasteiger partial charge on any atom is -0.444 e. The highest BCUT2D eigenvalue weighted by Crippen LogP contribution is 2.28. The second-order valence-electron chi connectivity index (χ2n) is 6.98. The van der Waals surface area contributed by atoms with Gasteiger partial charge in [-0.2, -0.15) is 0 Å². The maximum atomic E-state index is 11.9. The summed E-state index contributed by atoms with van der Waals surface area (Å²) >= 11 is 9.52. The van der Waals surface area contributed by atoms with Gasteiger partial charge in [-0.25, -0.2) is 4.79 Å². The molecule has 1 aromatic carbocycles. The van der Waals surface area contributed by atoms with Gasteiger partial charge in [0.1, 0.15) is 5.60 Å². The van der Waals surface area contributed by atoms with Gasteiger partial charge in [0, 0.05) is 22.2 Å². The quantitative estimate of drug-likeness (QED) is 0.715. The molecular weight excluding hydrogens is 380 g/mol. The van der Waals surface area contributed by atoms with E-state index in [1.165, 1.54) is 0 Å². The lowest BCUT2D eigenvalue weighted by atomic mass is 9.91. The molecule has 1 aromatic rings. The van der Waals surface area contributed by atoms with Crippen LogP contribution in [0.4, 0.5) is 10.5 Å². The summed E-state index contributed by atoms with van der Waals surface area (Å²) in [5.41, 5.74) is 0.533. The van der Waals surface area contributed by atoms with Gasteiger partial charge in [0.2, 0.25) is 0 Å². The first-order valence-corrected chi connectivity index (χ1v) is 9.11. The third-order valence-electron chi connectivity index (χ3n) is 3.69. The predicted octanol–water partition coefficient (Wildman–Crippen LogP) is 5.35. The van der Waals surface area contributed by atoms with Crippen LogP contribution in [-0.2, 0) is 4.74 Å². The van der Waals surface area contributed by atoms with Gasteiger partial charge in [0.05, 0.1) is 5.02 Å². The van der Waals surface area contributed by atoms with Crippen molar-refractivity contribution in [1.82, 2.24) is 5.32 Å². The number of carbonyl (C=O) groups excluding carboxylic acids is 1. The van der Waals surface area contributed by atoms with E-state index in [0.717, 1.165) is 35.8 Å². The molecule has 0 aliphatic heterocycles. The zero-order valence-electron chi connectivity index (χ0n) is 13.8. The van der Waals surface area contributed by atoms with Crippen LogP contribution in [0.3, 0.4) is 0 Å². The van der Waals surface area contributed by atoms with Gasteiger partial charge in [-0.15, -0.1) is 0 Å². The Morgan fingerprint density at radius 1 is 1.30 bits per heavy atom. The average Bonchev–Trinajstić information content (AvgIpc) is 2.41. The largest absolute Gasteiger partial charge is 0.444 e. The van der Waals surface area contributed by atoms with E-state index in [1.54, 1.807) is 0 Å². The van der Waals surface area contributed by atoms with Crippen molar-refractivity contribution in [2.24, 2.45) is 0 Å². The lowest BCUT2D eigenvalue weighted by Crippen LogP contribution is -2.43. The van der Waals surface area contributed by atoms with Gasteiger partial charge in [-0.3, -0.25) is 0 Å². The molecule has 2 N–H and O–H groups in total. The summed E-state index contributed by atoms with van der Waals surface area (Å²) in [6.45, 7) is 5.61. The number of hydrogen-bond acceptors (Lipinski definition) is 3. The molecule has 0 spiro atoms. The molecule has 0 saturated heterocycles. The first kappa shape index (κ1) is 18.4. The summed E-state index contributed by atoms with van der Waals surface area (Å²) < 4.78 is 6.22. The number of rotatable bonds is 3. The van der Waals surface area contributed by atoms with Crippen molar-refractivity contribution in [3.05, 3.63) is 27.7 Å². The van der Waals surface area contributed by atoms with E-state index < -0.39 is 5.60 Å². The van der Waals surface area contributed by atoms with Crippen LogP contribution < -0.4 is 10.6 Å². The van der Waals surface area contributed by atoms with E-state index in [0.29, 0.717) is 11.1 Å². The minimum absolute atomic E-state index is 0.141. The summed E-state index contributed by atoms with van der Waals surface area (Å²) in [6, 6.07) is 6.31. The van der Waals surface area contributed by atoms with Crippen LogP contribution in [0, 0.1) is 0 Å². The number of carbonyl (C=O) groups is 1. The average molecular weight is 404 g/mol. The summed E-state index contributed by atoms with van der Waals surface area (Å²) in [5.74, 6) is 0. The number of ether oxygens (including phenoxy) is 1. The smallest absolute Gasteiger partial charge is 0.407 e. The van der Waals surface area contributed by atoms with Gasteiger partial charge < -0.3 is 15.4 Å². The van der Waals surface area contributed by atoms with Crippen molar-refractivity contribution in [2.45, 2.75) is 64.1 Å². The molecule has 128 valence electrons. The van der Waals surface area contributed by atoms with Crippen molar-refractivity contribution in [3.8, 4) is 0 Å². The van der Waals surface area contributed by atoms with Crippen LogP contribution in [0.2, 0.25) is 5.02 Å². The van der Waals surface area contributed by atoms with E-state index >= 15 is 0 Å². The number of benzene rings is 1. The molecule has 4 nitrogen and oxygen atoms in total. The molecule has 0 bridgehead atoms. The predicted molar refractivity (Wildman–Crippen MR) is 98.2 cm³/mol. The third kappa shape index (κ3) is 6.22. The van der Waals surface area contributed by atoms with E-state index in [1.807, 2.05) is 39.0 Å². The molecule has 1 aliphatic carbocycles. The molecule has 2 atom stereocenters. The molecular formula is C17H24BrClN2O2. The maximum Gasteiger partial charge on any atom is 0.407 e. The van der Waals surface area contributed by atoms with E-state index in [9.17, 15) is 4.79 Å². The molecule has 0 aromatic heterocycles. The van der Waals surface area contributed by atoms with Crippen molar-refractivity contribution in [3.63, 3.8) is 0 Å². The van der Waals surface area contributed by atoms with Crippen LogP contribution in [0.15, 0.2) is 22.7 Å². The summed E-state index contributed by atoms with van der Waals surface area (Å²) in [4.78, 5) is 11.9. The fourth-order valence-corrected chi connectivity index (χ4v) is 3.17. The molecule has 0 heterocycles. The standard InChI is InChI=1S/C17H24BrClN2O2/c1-17(2,3)23-16(22)21-12-6-4-5-11(9-12)20-13-7-8-14(18)15(19)10-13/h7-8,10-12,20H,4-6,9H2,1-3H3,(H,21,22). The number of amides is 1. The first-order valence-electron chi connectivity index (χ1n) is 7.94. The van der Waals surface area contributed by atoms with Crippen molar-refractivity contribution < 1.29 is 9.53 Å². The van der Waals surface area contributed by atoms with Crippen molar-refractivity contribution in [1.29, 1.82) is 0 Å². The highest BCUT2D eigenvalue weighted by Gasteiger charge is 2.25. The first-order chi connectivity index (χ1) is 10.7. The second kappa shape index (κ2) is 7.75. The molecule has 2 unspecified atom stereocenters. The number of hydrogen-bond donors (Lipinski definition) is 2. The Hall–Kier alpha value is -0.940. The summed E-state index contributed by atoms with van der Waals surface area (Å²) in [5, 5.41) is 7.17. The van der Waals surface area contributed by atoms with Crippen LogP contribution in [0.5, 0.6) is 0 Å². The molecule has 0 radical (unpaired) electrons.